The Morgan fingerprint density at radius 2 is 2.04 bits per heavy atom. The highest BCUT2D eigenvalue weighted by Gasteiger charge is 2.43. The first-order chi connectivity index (χ1) is 13.0. The number of anilines is 1. The zero-order valence-electron chi connectivity index (χ0n) is 16.0. The van der Waals surface area contributed by atoms with E-state index in [1.54, 1.807) is 12.1 Å². The van der Waals surface area contributed by atoms with Gasteiger partial charge in [0.2, 0.25) is 0 Å². The second-order valence-electron chi connectivity index (χ2n) is 7.57. The third-order valence-corrected chi connectivity index (χ3v) is 5.45. The molecule has 1 fully saturated rings. The molecule has 0 aliphatic carbocycles. The molecule has 0 amide bonds. The number of nitrogens with zero attached hydrogens (tertiary/aromatic N) is 3. The van der Waals surface area contributed by atoms with Crippen LogP contribution in [0.3, 0.4) is 0 Å². The van der Waals surface area contributed by atoms with Gasteiger partial charge in [-0.2, -0.15) is 0 Å². The predicted octanol–water partition coefficient (Wildman–Crippen LogP) is 2.67. The molecule has 1 aromatic carbocycles. The summed E-state index contributed by atoms with van der Waals surface area (Å²) in [7, 11) is 0. The van der Waals surface area contributed by atoms with Crippen molar-refractivity contribution in [3.05, 3.63) is 53.2 Å². The molecule has 146 valence electrons. The van der Waals surface area contributed by atoms with Crippen LogP contribution in [0.25, 0.3) is 0 Å². The molecule has 3 rings (SSSR count). The monoisotopic (exact) mass is 373 g/mol. The lowest BCUT2D eigenvalue weighted by molar-refractivity contribution is -0.0293. The molecule has 27 heavy (non-hydrogen) atoms. The molecule has 5 nitrogen and oxygen atoms in total. The molecule has 2 N–H and O–H groups in total. The van der Waals surface area contributed by atoms with Gasteiger partial charge in [-0.25, -0.2) is 14.4 Å². The maximum Gasteiger partial charge on any atom is 0.135 e. The van der Waals surface area contributed by atoms with Crippen molar-refractivity contribution in [1.29, 1.82) is 0 Å². The molecule has 2 heterocycles. The number of aliphatic hydroxyl groups excluding tert-OH is 2. The highest BCUT2D eigenvalue weighted by molar-refractivity contribution is 5.47. The number of halogens is 1. The van der Waals surface area contributed by atoms with Gasteiger partial charge in [0.05, 0.1) is 12.7 Å². The molecule has 1 saturated heterocycles. The molecule has 1 aromatic heterocycles. The summed E-state index contributed by atoms with van der Waals surface area (Å²) in [6.07, 6.45) is 4.18. The van der Waals surface area contributed by atoms with Gasteiger partial charge in [-0.3, -0.25) is 0 Å². The summed E-state index contributed by atoms with van der Waals surface area (Å²) in [6.45, 7) is 5.02. The smallest absolute Gasteiger partial charge is 0.135 e. The van der Waals surface area contributed by atoms with E-state index in [1.165, 1.54) is 12.1 Å². The summed E-state index contributed by atoms with van der Waals surface area (Å²) < 4.78 is 13.2. The van der Waals surface area contributed by atoms with Crippen LogP contribution >= 0.6 is 0 Å². The zero-order chi connectivity index (χ0) is 19.4. The Labute approximate surface area is 159 Å². The number of hydrogen-bond donors (Lipinski definition) is 2. The highest BCUT2D eigenvalue weighted by Crippen LogP contribution is 2.36. The molecule has 0 spiro atoms. The maximum absolute atomic E-state index is 13.2. The molecule has 1 aliphatic rings. The first-order valence-corrected chi connectivity index (χ1v) is 9.58. The third kappa shape index (κ3) is 4.28. The van der Waals surface area contributed by atoms with Gasteiger partial charge >= 0.3 is 0 Å². The van der Waals surface area contributed by atoms with Gasteiger partial charge in [0.15, 0.2) is 0 Å². The normalized spacial score (nSPS) is 22.9. The minimum Gasteiger partial charge on any atom is -0.396 e. The summed E-state index contributed by atoms with van der Waals surface area (Å²) >= 11 is 0. The van der Waals surface area contributed by atoms with Crippen molar-refractivity contribution in [1.82, 2.24) is 9.97 Å². The van der Waals surface area contributed by atoms with Gasteiger partial charge in [0.25, 0.3) is 0 Å². The van der Waals surface area contributed by atoms with Gasteiger partial charge in [-0.15, -0.1) is 0 Å². The summed E-state index contributed by atoms with van der Waals surface area (Å²) in [5.41, 5.74) is 1.28. The van der Waals surface area contributed by atoms with Crippen LogP contribution in [0.15, 0.2) is 30.5 Å². The number of piperidine rings is 1. The van der Waals surface area contributed by atoms with Crippen LogP contribution in [0.5, 0.6) is 0 Å². The van der Waals surface area contributed by atoms with Crippen LogP contribution in [-0.4, -0.2) is 46.0 Å². The molecule has 6 heteroatoms. The van der Waals surface area contributed by atoms with E-state index in [0.717, 1.165) is 29.8 Å². The van der Waals surface area contributed by atoms with Crippen LogP contribution in [0.2, 0.25) is 0 Å². The molecule has 0 unspecified atom stereocenters. The van der Waals surface area contributed by atoms with Crippen molar-refractivity contribution in [2.75, 3.05) is 24.6 Å². The minimum atomic E-state index is -0.710. The molecule has 2 aromatic rings. The van der Waals surface area contributed by atoms with Crippen molar-refractivity contribution in [2.24, 2.45) is 5.41 Å². The van der Waals surface area contributed by atoms with E-state index in [4.69, 9.17) is 0 Å². The molecule has 0 radical (unpaired) electrons. The number of aryl methyl sites for hydroxylation is 2. The van der Waals surface area contributed by atoms with E-state index in [0.29, 0.717) is 31.8 Å². The number of benzene rings is 1. The van der Waals surface area contributed by atoms with Crippen molar-refractivity contribution in [3.8, 4) is 0 Å². The van der Waals surface area contributed by atoms with E-state index >= 15 is 0 Å². The van der Waals surface area contributed by atoms with Gasteiger partial charge in [0, 0.05) is 30.3 Å². The van der Waals surface area contributed by atoms with Crippen molar-refractivity contribution < 1.29 is 14.6 Å². The largest absolute Gasteiger partial charge is 0.396 e. The Morgan fingerprint density at radius 3 is 2.70 bits per heavy atom. The molecular formula is C21H28FN3O2. The van der Waals surface area contributed by atoms with Gasteiger partial charge in [-0.1, -0.05) is 25.5 Å². The number of aromatic nitrogens is 2. The second kappa shape index (κ2) is 8.31. The molecule has 2 atom stereocenters. The van der Waals surface area contributed by atoms with E-state index in [9.17, 15) is 14.6 Å². The van der Waals surface area contributed by atoms with Crippen molar-refractivity contribution in [2.45, 2.75) is 45.6 Å². The first-order valence-electron chi connectivity index (χ1n) is 9.58. The molecule has 0 bridgehead atoms. The Balaban J connectivity index is 1.90. The summed E-state index contributed by atoms with van der Waals surface area (Å²) in [5.74, 6) is 1.32. The van der Waals surface area contributed by atoms with Gasteiger partial charge in [-0.05, 0) is 43.9 Å². The van der Waals surface area contributed by atoms with Gasteiger partial charge < -0.3 is 15.1 Å². The Morgan fingerprint density at radius 1 is 1.30 bits per heavy atom. The maximum atomic E-state index is 13.2. The van der Waals surface area contributed by atoms with E-state index in [2.05, 4.69) is 21.8 Å². The first kappa shape index (κ1) is 19.7. The quantitative estimate of drug-likeness (QED) is 0.815. The molecular weight excluding hydrogens is 345 g/mol. The third-order valence-electron chi connectivity index (χ3n) is 5.45. The lowest BCUT2D eigenvalue weighted by Crippen LogP contribution is -2.55. The topological polar surface area (TPSA) is 69.5 Å². The van der Waals surface area contributed by atoms with E-state index < -0.39 is 11.5 Å². The number of aliphatic hydroxyl groups is 2. The SMILES string of the molecule is CCCc1cnc(C)nc1N1CC[C@H](O)[C@@](CO)(Cc2ccc(F)cc2)C1. The summed E-state index contributed by atoms with van der Waals surface area (Å²) in [5, 5.41) is 21.0. The zero-order valence-corrected chi connectivity index (χ0v) is 16.0. The fraction of sp³-hybridized carbons (Fsp3) is 0.524. The Bertz CT molecular complexity index is 769. The number of hydrogen-bond acceptors (Lipinski definition) is 5. The van der Waals surface area contributed by atoms with Crippen LogP contribution in [0, 0.1) is 18.2 Å². The van der Waals surface area contributed by atoms with Crippen LogP contribution in [0.1, 0.15) is 36.7 Å². The van der Waals surface area contributed by atoms with Crippen molar-refractivity contribution in [3.63, 3.8) is 0 Å². The fourth-order valence-electron chi connectivity index (χ4n) is 3.93. The minimum absolute atomic E-state index is 0.144. The average molecular weight is 373 g/mol. The van der Waals surface area contributed by atoms with Crippen LogP contribution in [0.4, 0.5) is 10.2 Å². The lowest BCUT2D eigenvalue weighted by Gasteiger charge is -2.46. The molecule has 1 aliphatic heterocycles. The highest BCUT2D eigenvalue weighted by atomic mass is 19.1. The van der Waals surface area contributed by atoms with E-state index in [1.807, 2.05) is 13.1 Å². The number of rotatable bonds is 6. The average Bonchev–Trinajstić information content (AvgIpc) is 2.67. The summed E-state index contributed by atoms with van der Waals surface area (Å²) in [4.78, 5) is 11.1. The molecule has 0 saturated carbocycles. The van der Waals surface area contributed by atoms with Gasteiger partial charge in [0.1, 0.15) is 17.5 Å². The Kier molecular flexibility index (Phi) is 6.07. The Hall–Kier alpha value is -2.05. The van der Waals surface area contributed by atoms with Crippen LogP contribution < -0.4 is 4.90 Å². The standard InChI is InChI=1S/C21H28FN3O2/c1-3-4-17-12-23-15(2)24-20(17)25-10-9-19(27)21(13-25,14-26)11-16-5-7-18(22)8-6-16/h5-8,12,19,26-27H,3-4,9-11,13-14H2,1-2H3/t19-,21-/m0/s1. The predicted molar refractivity (Wildman–Crippen MR) is 103 cm³/mol. The summed E-state index contributed by atoms with van der Waals surface area (Å²) in [6, 6.07) is 6.27. The lowest BCUT2D eigenvalue weighted by atomic mass is 9.73. The second-order valence-corrected chi connectivity index (χ2v) is 7.57. The van der Waals surface area contributed by atoms with E-state index in [-0.39, 0.29) is 12.4 Å². The van der Waals surface area contributed by atoms with Crippen molar-refractivity contribution >= 4 is 5.82 Å². The fourth-order valence-corrected chi connectivity index (χ4v) is 3.93. The van der Waals surface area contributed by atoms with Crippen LogP contribution in [-0.2, 0) is 12.8 Å².